The van der Waals surface area contributed by atoms with Crippen molar-refractivity contribution in [1.82, 2.24) is 4.90 Å². The molecule has 1 saturated heterocycles. The van der Waals surface area contributed by atoms with Gasteiger partial charge in [0.15, 0.2) is 5.17 Å². The molecule has 1 heterocycles. The Bertz CT molecular complexity index is 138. The highest BCUT2D eigenvalue weighted by atomic mass is 35.5. The molecule has 4 heteroatoms. The molecule has 0 unspecified atom stereocenters. The molecule has 0 aromatic rings. The molecule has 0 aliphatic carbocycles. The Hall–Kier alpha value is 0.110. The predicted octanol–water partition coefficient (Wildman–Crippen LogP) is 1.26. The fraction of sp³-hybridized carbons (Fsp3) is 0.833. The van der Waals surface area contributed by atoms with Crippen LogP contribution in [0.15, 0.2) is 4.99 Å². The minimum Gasteiger partial charge on any atom is -0.349 e. The van der Waals surface area contributed by atoms with Crippen LogP contribution in [-0.2, 0) is 0 Å². The van der Waals surface area contributed by atoms with Gasteiger partial charge in [-0.3, -0.25) is 4.99 Å². The van der Waals surface area contributed by atoms with Crippen LogP contribution in [0.1, 0.15) is 0 Å². The number of alkyl halides is 1. The van der Waals surface area contributed by atoms with Gasteiger partial charge in [0, 0.05) is 31.8 Å². The van der Waals surface area contributed by atoms with Crippen LogP contribution in [0, 0.1) is 0 Å². The summed E-state index contributed by atoms with van der Waals surface area (Å²) in [6.45, 7) is 2.03. The van der Waals surface area contributed by atoms with E-state index in [4.69, 9.17) is 11.6 Å². The third kappa shape index (κ3) is 1.80. The van der Waals surface area contributed by atoms with Crippen molar-refractivity contribution in [3.05, 3.63) is 0 Å². The van der Waals surface area contributed by atoms with Crippen molar-refractivity contribution >= 4 is 28.5 Å². The van der Waals surface area contributed by atoms with Crippen LogP contribution < -0.4 is 0 Å². The summed E-state index contributed by atoms with van der Waals surface area (Å²) in [5, 5.41) is 1.14. The van der Waals surface area contributed by atoms with Crippen LogP contribution in [0.25, 0.3) is 0 Å². The van der Waals surface area contributed by atoms with E-state index in [1.165, 1.54) is 0 Å². The number of hydrogen-bond donors (Lipinski definition) is 0. The smallest absolute Gasteiger partial charge is 0.159 e. The van der Waals surface area contributed by atoms with Crippen LogP contribution in [-0.4, -0.2) is 41.8 Å². The van der Waals surface area contributed by atoms with Crippen LogP contribution >= 0.6 is 23.4 Å². The van der Waals surface area contributed by atoms with Gasteiger partial charge in [0.25, 0.3) is 0 Å². The van der Waals surface area contributed by atoms with Crippen molar-refractivity contribution in [2.24, 2.45) is 4.99 Å². The van der Waals surface area contributed by atoms with Crippen molar-refractivity contribution in [2.75, 3.05) is 31.8 Å². The lowest BCUT2D eigenvalue weighted by atomic mass is 10.6. The molecule has 0 aromatic heterocycles. The second kappa shape index (κ2) is 4.09. The maximum atomic E-state index is 5.60. The van der Waals surface area contributed by atoms with Crippen molar-refractivity contribution in [3.8, 4) is 0 Å². The summed E-state index contributed by atoms with van der Waals surface area (Å²) in [5.41, 5.74) is 0. The van der Waals surface area contributed by atoms with Crippen molar-refractivity contribution < 1.29 is 0 Å². The first kappa shape index (κ1) is 8.21. The number of thioether (sulfide) groups is 1. The largest absolute Gasteiger partial charge is 0.349 e. The summed E-state index contributed by atoms with van der Waals surface area (Å²) in [4.78, 5) is 6.35. The third-order valence-electron chi connectivity index (χ3n) is 1.41. The lowest BCUT2D eigenvalue weighted by Crippen LogP contribution is -2.26. The van der Waals surface area contributed by atoms with Gasteiger partial charge in [-0.2, -0.15) is 0 Å². The summed E-state index contributed by atoms with van der Waals surface area (Å²) >= 11 is 7.41. The van der Waals surface area contributed by atoms with Gasteiger partial charge in [0.05, 0.1) is 0 Å². The molecule has 2 nitrogen and oxygen atoms in total. The Morgan fingerprint density at radius 2 is 2.60 bits per heavy atom. The molecule has 1 fully saturated rings. The first-order chi connectivity index (χ1) is 4.88. The van der Waals surface area contributed by atoms with Gasteiger partial charge in [0.2, 0.25) is 0 Å². The molecule has 0 bridgehead atoms. The Morgan fingerprint density at radius 1 is 1.80 bits per heavy atom. The van der Waals surface area contributed by atoms with Crippen LogP contribution in [0.5, 0.6) is 0 Å². The standard InChI is InChI=1S/C6H11ClN2S/c1-8-6-9(3-2-7)4-5-10-6/h2-5H2,1H3. The molecule has 0 saturated carbocycles. The van der Waals surface area contributed by atoms with E-state index in [1.54, 1.807) is 0 Å². The van der Waals surface area contributed by atoms with Gasteiger partial charge < -0.3 is 4.90 Å². The van der Waals surface area contributed by atoms with E-state index >= 15 is 0 Å². The number of aliphatic imine (C=N–C) groups is 1. The minimum absolute atomic E-state index is 0.694. The molecule has 0 atom stereocenters. The highest BCUT2D eigenvalue weighted by Gasteiger charge is 2.16. The molecule has 0 aromatic carbocycles. The van der Waals surface area contributed by atoms with Gasteiger partial charge in [-0.15, -0.1) is 11.6 Å². The van der Waals surface area contributed by atoms with E-state index in [2.05, 4.69) is 9.89 Å². The summed E-state index contributed by atoms with van der Waals surface area (Å²) in [5.74, 6) is 1.85. The van der Waals surface area contributed by atoms with Gasteiger partial charge in [-0.25, -0.2) is 0 Å². The van der Waals surface area contributed by atoms with Crippen LogP contribution in [0.4, 0.5) is 0 Å². The van der Waals surface area contributed by atoms with Crippen LogP contribution in [0.2, 0.25) is 0 Å². The molecule has 10 heavy (non-hydrogen) atoms. The normalized spacial score (nSPS) is 22.6. The number of halogens is 1. The monoisotopic (exact) mass is 178 g/mol. The Kier molecular flexibility index (Phi) is 3.35. The van der Waals surface area contributed by atoms with Crippen molar-refractivity contribution in [2.45, 2.75) is 0 Å². The van der Waals surface area contributed by atoms with Crippen LogP contribution in [0.3, 0.4) is 0 Å². The van der Waals surface area contributed by atoms with E-state index in [1.807, 2.05) is 18.8 Å². The lowest BCUT2D eigenvalue weighted by molar-refractivity contribution is 0.491. The third-order valence-corrected chi connectivity index (χ3v) is 2.66. The molecule has 0 amide bonds. The topological polar surface area (TPSA) is 15.6 Å². The highest BCUT2D eigenvalue weighted by molar-refractivity contribution is 8.14. The van der Waals surface area contributed by atoms with E-state index in [9.17, 15) is 0 Å². The van der Waals surface area contributed by atoms with Gasteiger partial charge >= 0.3 is 0 Å². The van der Waals surface area contributed by atoms with E-state index in [0.29, 0.717) is 5.88 Å². The summed E-state index contributed by atoms with van der Waals surface area (Å²) in [6.07, 6.45) is 0. The second-order valence-electron chi connectivity index (χ2n) is 2.03. The molecule has 0 radical (unpaired) electrons. The molecule has 1 rings (SSSR count). The Balaban J connectivity index is 2.42. The second-order valence-corrected chi connectivity index (χ2v) is 3.47. The fourth-order valence-corrected chi connectivity index (χ4v) is 2.14. The molecule has 58 valence electrons. The average Bonchev–Trinajstić information content (AvgIpc) is 2.36. The van der Waals surface area contributed by atoms with E-state index < -0.39 is 0 Å². The van der Waals surface area contributed by atoms with E-state index in [0.717, 1.165) is 24.0 Å². The molecule has 0 N–H and O–H groups in total. The molecular weight excluding hydrogens is 168 g/mol. The predicted molar refractivity (Wildman–Crippen MR) is 48.1 cm³/mol. The first-order valence-corrected chi connectivity index (χ1v) is 4.81. The maximum absolute atomic E-state index is 5.60. The zero-order chi connectivity index (χ0) is 7.40. The quantitative estimate of drug-likeness (QED) is 0.592. The SMILES string of the molecule is CN=C1SCCN1CCCl. The Morgan fingerprint density at radius 3 is 3.20 bits per heavy atom. The molecule has 0 spiro atoms. The maximum Gasteiger partial charge on any atom is 0.159 e. The van der Waals surface area contributed by atoms with Crippen molar-refractivity contribution in [1.29, 1.82) is 0 Å². The number of hydrogen-bond acceptors (Lipinski definition) is 2. The first-order valence-electron chi connectivity index (χ1n) is 3.29. The molecule has 1 aliphatic rings. The zero-order valence-electron chi connectivity index (χ0n) is 6.01. The number of rotatable bonds is 2. The van der Waals surface area contributed by atoms with Crippen molar-refractivity contribution in [3.63, 3.8) is 0 Å². The number of amidine groups is 1. The van der Waals surface area contributed by atoms with E-state index in [-0.39, 0.29) is 0 Å². The summed E-state index contributed by atoms with van der Waals surface area (Å²) < 4.78 is 0. The lowest BCUT2D eigenvalue weighted by Gasteiger charge is -2.14. The fourth-order valence-electron chi connectivity index (χ4n) is 0.949. The van der Waals surface area contributed by atoms with Gasteiger partial charge in [-0.05, 0) is 0 Å². The number of nitrogens with zero attached hydrogens (tertiary/aromatic N) is 2. The van der Waals surface area contributed by atoms with Gasteiger partial charge in [-0.1, -0.05) is 11.8 Å². The Labute approximate surface area is 70.6 Å². The summed E-state index contributed by atoms with van der Waals surface area (Å²) in [6, 6.07) is 0. The molecule has 1 aliphatic heterocycles. The summed E-state index contributed by atoms with van der Waals surface area (Å²) in [7, 11) is 1.83. The molecular formula is C6H11ClN2S. The minimum atomic E-state index is 0.694. The van der Waals surface area contributed by atoms with Gasteiger partial charge in [0.1, 0.15) is 0 Å². The average molecular weight is 179 g/mol. The highest BCUT2D eigenvalue weighted by Crippen LogP contribution is 2.16. The zero-order valence-corrected chi connectivity index (χ0v) is 7.58.